The van der Waals surface area contributed by atoms with Crippen LogP contribution in [0.25, 0.3) is 11.0 Å². The van der Waals surface area contributed by atoms with E-state index in [0.29, 0.717) is 48.8 Å². The summed E-state index contributed by atoms with van der Waals surface area (Å²) in [6.07, 6.45) is 6.79. The Labute approximate surface area is 207 Å². The molecule has 0 saturated heterocycles. The third kappa shape index (κ3) is 4.68. The van der Waals surface area contributed by atoms with Crippen LogP contribution in [0.1, 0.15) is 41.0 Å². The number of aromatic nitrogens is 6. The molecule has 11 nitrogen and oxygen atoms in total. The maximum absolute atomic E-state index is 12.7. The molecule has 0 fully saturated rings. The molecular weight excluding hydrogens is 462 g/mol. The number of amides is 1. The Morgan fingerprint density at radius 1 is 1.11 bits per heavy atom. The quantitative estimate of drug-likeness (QED) is 0.356. The van der Waals surface area contributed by atoms with Gasteiger partial charge in [0.2, 0.25) is 0 Å². The van der Waals surface area contributed by atoms with Crippen LogP contribution in [0.5, 0.6) is 11.5 Å². The highest BCUT2D eigenvalue weighted by atomic mass is 16.5. The lowest BCUT2D eigenvalue weighted by Crippen LogP contribution is -2.29. The van der Waals surface area contributed by atoms with E-state index in [-0.39, 0.29) is 11.6 Å². The van der Waals surface area contributed by atoms with Gasteiger partial charge in [0, 0.05) is 49.3 Å². The van der Waals surface area contributed by atoms with Crippen molar-refractivity contribution in [3.05, 3.63) is 64.1 Å². The number of carbonyl (C=O) groups is 1. The molecule has 4 aromatic rings. The summed E-state index contributed by atoms with van der Waals surface area (Å²) in [4.78, 5) is 29.6. The molecule has 0 unspecified atom stereocenters. The van der Waals surface area contributed by atoms with E-state index in [1.165, 1.54) is 4.68 Å². The fourth-order valence-electron chi connectivity index (χ4n) is 4.48. The molecule has 1 aliphatic rings. The van der Waals surface area contributed by atoms with Crippen LogP contribution in [0, 0.1) is 0 Å². The van der Waals surface area contributed by atoms with Gasteiger partial charge in [0.15, 0.2) is 5.65 Å². The summed E-state index contributed by atoms with van der Waals surface area (Å²) in [6.45, 7) is 2.11. The van der Waals surface area contributed by atoms with E-state index >= 15 is 0 Å². The molecule has 3 aromatic heterocycles. The van der Waals surface area contributed by atoms with Crippen molar-refractivity contribution >= 4 is 16.9 Å². The molecule has 11 heteroatoms. The number of fused-ring (bicyclic) bond motifs is 2. The number of carbonyl (C=O) groups excluding carboxylic acids is 1. The van der Waals surface area contributed by atoms with E-state index in [1.54, 1.807) is 41.9 Å². The summed E-state index contributed by atoms with van der Waals surface area (Å²) in [5.41, 5.74) is 2.01. The zero-order valence-corrected chi connectivity index (χ0v) is 20.4. The third-order valence-electron chi connectivity index (χ3n) is 6.42. The summed E-state index contributed by atoms with van der Waals surface area (Å²) >= 11 is 0. The van der Waals surface area contributed by atoms with Gasteiger partial charge in [-0.15, -0.1) is 0 Å². The highest BCUT2D eigenvalue weighted by Gasteiger charge is 2.17. The van der Waals surface area contributed by atoms with Crippen molar-refractivity contribution in [1.82, 2.24) is 34.4 Å². The van der Waals surface area contributed by atoms with Crippen molar-refractivity contribution < 1.29 is 14.3 Å². The zero-order valence-electron chi connectivity index (χ0n) is 20.4. The lowest BCUT2D eigenvalue weighted by molar-refractivity contribution is 0.0952. The second-order valence-electron chi connectivity index (χ2n) is 8.76. The second kappa shape index (κ2) is 10.2. The van der Waals surface area contributed by atoms with E-state index in [9.17, 15) is 9.59 Å². The monoisotopic (exact) mass is 491 g/mol. The normalized spacial score (nSPS) is 12.9. The number of hydrogen-bond donors (Lipinski definition) is 1. The summed E-state index contributed by atoms with van der Waals surface area (Å²) in [6, 6.07) is 7.41. The third-order valence-corrected chi connectivity index (χ3v) is 6.42. The number of benzene rings is 1. The maximum atomic E-state index is 12.7. The van der Waals surface area contributed by atoms with Crippen molar-refractivity contribution in [1.29, 1.82) is 0 Å². The Morgan fingerprint density at radius 3 is 2.81 bits per heavy atom. The van der Waals surface area contributed by atoms with Gasteiger partial charge in [0.1, 0.15) is 17.3 Å². The van der Waals surface area contributed by atoms with E-state index < -0.39 is 0 Å². The topological polar surface area (TPSA) is 118 Å². The van der Waals surface area contributed by atoms with Crippen LogP contribution in [0.3, 0.4) is 0 Å². The molecule has 36 heavy (non-hydrogen) atoms. The van der Waals surface area contributed by atoms with E-state index in [4.69, 9.17) is 9.47 Å². The summed E-state index contributed by atoms with van der Waals surface area (Å²) in [7, 11) is 3.23. The molecule has 0 spiro atoms. The molecule has 0 saturated carbocycles. The van der Waals surface area contributed by atoms with E-state index in [2.05, 4.69) is 20.5 Å². The fraction of sp³-hybridized carbons (Fsp3) is 0.400. The number of nitrogens with zero attached hydrogens (tertiary/aromatic N) is 6. The number of hydrogen-bond acceptors (Lipinski definition) is 7. The summed E-state index contributed by atoms with van der Waals surface area (Å²) in [5.74, 6) is 2.06. The van der Waals surface area contributed by atoms with E-state index in [1.807, 2.05) is 18.2 Å². The lowest BCUT2D eigenvalue weighted by Gasteiger charge is -2.11. The number of aryl methyl sites for hydroxylation is 2. The average molecular weight is 492 g/mol. The first-order valence-electron chi connectivity index (χ1n) is 12.0. The van der Waals surface area contributed by atoms with Crippen molar-refractivity contribution in [2.24, 2.45) is 0 Å². The van der Waals surface area contributed by atoms with Gasteiger partial charge in [-0.3, -0.25) is 9.36 Å². The van der Waals surface area contributed by atoms with Gasteiger partial charge in [-0.1, -0.05) is 0 Å². The molecule has 1 amide bonds. The highest BCUT2D eigenvalue weighted by molar-refractivity contribution is 5.96. The molecule has 4 heterocycles. The Morgan fingerprint density at radius 2 is 2.00 bits per heavy atom. The van der Waals surface area contributed by atoms with Gasteiger partial charge in [0.05, 0.1) is 32.5 Å². The SMILES string of the molecule is COc1ccc(Cn2ncc3cc(C(=O)NCCCn4nc5n(c4=O)CCCC5)cnc32)c(OC)c1. The van der Waals surface area contributed by atoms with E-state index in [0.717, 1.165) is 42.6 Å². The minimum Gasteiger partial charge on any atom is -0.497 e. The number of nitrogens with one attached hydrogen (secondary N) is 1. The number of methoxy groups -OCH3 is 2. The van der Waals surface area contributed by atoms with Crippen molar-refractivity contribution in [3.8, 4) is 11.5 Å². The fourth-order valence-corrected chi connectivity index (χ4v) is 4.48. The van der Waals surface area contributed by atoms with Gasteiger partial charge in [-0.2, -0.15) is 10.2 Å². The van der Waals surface area contributed by atoms with Gasteiger partial charge in [-0.25, -0.2) is 19.1 Å². The molecular formula is C25H29N7O4. The molecule has 0 bridgehead atoms. The molecule has 5 rings (SSSR count). The Hall–Kier alpha value is -4.15. The first-order chi connectivity index (χ1) is 17.6. The minimum absolute atomic E-state index is 0.0602. The molecule has 0 atom stereocenters. The largest absolute Gasteiger partial charge is 0.497 e. The Bertz CT molecular complexity index is 1450. The molecule has 0 aliphatic carbocycles. The smallest absolute Gasteiger partial charge is 0.345 e. The van der Waals surface area contributed by atoms with Gasteiger partial charge in [0.25, 0.3) is 5.91 Å². The number of pyridine rings is 1. The second-order valence-corrected chi connectivity index (χ2v) is 8.76. The van der Waals surface area contributed by atoms with Crippen LogP contribution in [0.2, 0.25) is 0 Å². The van der Waals surface area contributed by atoms with Crippen LogP contribution in [-0.2, 0) is 26.1 Å². The van der Waals surface area contributed by atoms with Crippen molar-refractivity contribution in [3.63, 3.8) is 0 Å². The molecule has 1 aromatic carbocycles. The number of ether oxygens (including phenoxy) is 2. The molecule has 1 N–H and O–H groups in total. The van der Waals surface area contributed by atoms with Crippen LogP contribution < -0.4 is 20.5 Å². The maximum Gasteiger partial charge on any atom is 0.345 e. The van der Waals surface area contributed by atoms with Crippen molar-refractivity contribution in [2.45, 2.75) is 45.3 Å². The predicted octanol–water partition coefficient (Wildman–Crippen LogP) is 2.01. The first kappa shape index (κ1) is 23.6. The van der Waals surface area contributed by atoms with Crippen LogP contribution >= 0.6 is 0 Å². The lowest BCUT2D eigenvalue weighted by atomic mass is 10.2. The van der Waals surface area contributed by atoms with Gasteiger partial charge < -0.3 is 14.8 Å². The van der Waals surface area contributed by atoms with Gasteiger partial charge >= 0.3 is 5.69 Å². The van der Waals surface area contributed by atoms with Crippen LogP contribution in [0.4, 0.5) is 0 Å². The molecule has 1 aliphatic heterocycles. The first-order valence-corrected chi connectivity index (χ1v) is 12.0. The molecule has 0 radical (unpaired) electrons. The highest BCUT2D eigenvalue weighted by Crippen LogP contribution is 2.26. The van der Waals surface area contributed by atoms with Crippen LogP contribution in [-0.4, -0.2) is 55.8 Å². The standard InChI is InChI=1S/C25H29N7O4/c1-35-20-8-7-17(21(13-20)36-2)16-32-23-18(15-28-32)12-19(14-27-23)24(33)26-9-5-11-31-25(34)30-10-4-3-6-22(30)29-31/h7-8,12-15H,3-6,9-11,16H2,1-2H3,(H,26,33). The van der Waals surface area contributed by atoms with Gasteiger partial charge in [-0.05, 0) is 37.5 Å². The average Bonchev–Trinajstić information content (AvgIpc) is 3.46. The predicted molar refractivity (Wildman–Crippen MR) is 133 cm³/mol. The van der Waals surface area contributed by atoms with Crippen LogP contribution in [0.15, 0.2) is 41.5 Å². The summed E-state index contributed by atoms with van der Waals surface area (Å²) < 4.78 is 15.8. The minimum atomic E-state index is -0.217. The number of rotatable bonds is 9. The zero-order chi connectivity index (χ0) is 25.1. The Balaban J connectivity index is 1.20. The van der Waals surface area contributed by atoms with Crippen molar-refractivity contribution in [2.75, 3.05) is 20.8 Å². The summed E-state index contributed by atoms with van der Waals surface area (Å²) in [5, 5.41) is 12.6. The Kier molecular flexibility index (Phi) is 6.70. The molecule has 188 valence electrons.